The Morgan fingerprint density at radius 2 is 1.97 bits per heavy atom. The summed E-state index contributed by atoms with van der Waals surface area (Å²) in [6.07, 6.45) is 4.75. The first kappa shape index (κ1) is 23.0. The van der Waals surface area contributed by atoms with E-state index in [0.29, 0.717) is 21.9 Å². The van der Waals surface area contributed by atoms with E-state index in [1.165, 1.54) is 9.30 Å². The van der Waals surface area contributed by atoms with E-state index in [4.69, 9.17) is 22.3 Å². The van der Waals surface area contributed by atoms with Crippen molar-refractivity contribution in [1.29, 1.82) is 0 Å². The number of aromatic nitrogens is 2. The van der Waals surface area contributed by atoms with Crippen LogP contribution < -0.4 is 10.5 Å². The van der Waals surface area contributed by atoms with E-state index in [-0.39, 0.29) is 22.8 Å². The lowest BCUT2D eigenvalue weighted by Crippen LogP contribution is -2.31. The van der Waals surface area contributed by atoms with Gasteiger partial charge in [0.15, 0.2) is 0 Å². The molecule has 10 heteroatoms. The van der Waals surface area contributed by atoms with Gasteiger partial charge in [-0.2, -0.15) is 0 Å². The average Bonchev–Trinajstić information content (AvgIpc) is 3.00. The molecule has 1 fully saturated rings. The van der Waals surface area contributed by atoms with Crippen molar-refractivity contribution in [3.05, 3.63) is 45.2 Å². The highest BCUT2D eigenvalue weighted by Gasteiger charge is 2.33. The van der Waals surface area contributed by atoms with E-state index in [1.807, 2.05) is 6.07 Å². The molecule has 3 heterocycles. The Hall–Kier alpha value is -2.72. The van der Waals surface area contributed by atoms with Crippen molar-refractivity contribution in [2.24, 2.45) is 0 Å². The van der Waals surface area contributed by atoms with Gasteiger partial charge in [-0.1, -0.05) is 43.9 Å². The van der Waals surface area contributed by atoms with Gasteiger partial charge >= 0.3 is 5.97 Å². The minimum atomic E-state index is -1.01. The van der Waals surface area contributed by atoms with E-state index in [0.717, 1.165) is 37.7 Å². The third kappa shape index (κ3) is 4.96. The van der Waals surface area contributed by atoms with Crippen molar-refractivity contribution in [2.75, 3.05) is 24.5 Å². The Kier molecular flexibility index (Phi) is 7.45. The Morgan fingerprint density at radius 1 is 1.26 bits per heavy atom. The number of thioether (sulfide) groups is 1. The highest BCUT2D eigenvalue weighted by atomic mass is 32.2. The van der Waals surface area contributed by atoms with Crippen LogP contribution in [0.3, 0.4) is 0 Å². The maximum atomic E-state index is 13.3. The molecule has 2 aromatic rings. The van der Waals surface area contributed by atoms with Crippen molar-refractivity contribution in [2.45, 2.75) is 33.1 Å². The molecule has 31 heavy (non-hydrogen) atoms. The van der Waals surface area contributed by atoms with Gasteiger partial charge in [0.05, 0.1) is 16.9 Å². The molecule has 0 spiro atoms. The van der Waals surface area contributed by atoms with Crippen LogP contribution in [-0.2, 0) is 9.59 Å². The smallest absolute Gasteiger partial charge is 0.305 e. The number of fused-ring (bicyclic) bond motifs is 1. The standard InChI is InChI=1S/C21H24N4O4S2/c1-3-9-23(10-4-2)18-14(19(28)24-11-6-5-7-16(24)22-18)13-15-20(29)25(21(30)31-15)12-8-17(26)27/h5-7,11,13H,3-4,8-10,12H2,1-2H3,(H,26,27). The van der Waals surface area contributed by atoms with Gasteiger partial charge in [0.2, 0.25) is 0 Å². The van der Waals surface area contributed by atoms with Crippen LogP contribution in [-0.4, -0.2) is 55.2 Å². The molecule has 0 aromatic carbocycles. The fourth-order valence-electron chi connectivity index (χ4n) is 3.35. The van der Waals surface area contributed by atoms with Crippen molar-refractivity contribution in [1.82, 2.24) is 14.3 Å². The Labute approximate surface area is 189 Å². The molecule has 2 aromatic heterocycles. The zero-order chi connectivity index (χ0) is 22.5. The van der Waals surface area contributed by atoms with E-state index in [2.05, 4.69) is 18.7 Å². The number of amides is 1. The predicted octanol–water partition coefficient (Wildman–Crippen LogP) is 3.00. The molecule has 1 aliphatic rings. The van der Waals surface area contributed by atoms with Gasteiger partial charge in [0.25, 0.3) is 11.5 Å². The molecule has 0 radical (unpaired) electrons. The molecule has 3 rings (SSSR count). The molecule has 0 aliphatic carbocycles. The van der Waals surface area contributed by atoms with Gasteiger partial charge in [0, 0.05) is 25.8 Å². The Balaban J connectivity index is 2.12. The Bertz CT molecular complexity index is 1110. The number of carbonyl (C=O) groups is 2. The summed E-state index contributed by atoms with van der Waals surface area (Å²) in [7, 11) is 0. The number of carbonyl (C=O) groups excluding carboxylic acids is 1. The first-order chi connectivity index (χ1) is 14.9. The van der Waals surface area contributed by atoms with E-state index >= 15 is 0 Å². The molecule has 0 bridgehead atoms. The average molecular weight is 461 g/mol. The van der Waals surface area contributed by atoms with Crippen LogP contribution in [0.15, 0.2) is 34.1 Å². The topological polar surface area (TPSA) is 95.2 Å². The molecular weight excluding hydrogens is 436 g/mol. The summed E-state index contributed by atoms with van der Waals surface area (Å²) < 4.78 is 1.74. The number of anilines is 1. The highest BCUT2D eigenvalue weighted by Crippen LogP contribution is 2.33. The molecule has 8 nitrogen and oxygen atoms in total. The van der Waals surface area contributed by atoms with Crippen LogP contribution in [0, 0.1) is 0 Å². The van der Waals surface area contributed by atoms with Crippen molar-refractivity contribution in [3.63, 3.8) is 0 Å². The number of pyridine rings is 1. The maximum absolute atomic E-state index is 13.3. The molecule has 1 aliphatic heterocycles. The number of thiocarbonyl (C=S) groups is 1. The summed E-state index contributed by atoms with van der Waals surface area (Å²) in [5.41, 5.74) is 0.587. The molecule has 1 N–H and O–H groups in total. The third-order valence-electron chi connectivity index (χ3n) is 4.73. The first-order valence-corrected chi connectivity index (χ1v) is 11.3. The lowest BCUT2D eigenvalue weighted by Gasteiger charge is -2.24. The minimum Gasteiger partial charge on any atom is -0.481 e. The summed E-state index contributed by atoms with van der Waals surface area (Å²) in [6.45, 7) is 5.57. The van der Waals surface area contributed by atoms with E-state index < -0.39 is 11.9 Å². The summed E-state index contributed by atoms with van der Waals surface area (Å²) in [5.74, 6) is -0.861. The number of nitrogens with zero attached hydrogens (tertiary/aromatic N) is 4. The van der Waals surface area contributed by atoms with Crippen LogP contribution in [0.4, 0.5) is 5.82 Å². The van der Waals surface area contributed by atoms with Crippen LogP contribution in [0.2, 0.25) is 0 Å². The number of aliphatic carboxylic acids is 1. The number of carboxylic acid groups (broad SMARTS) is 1. The SMILES string of the molecule is CCCN(CCC)c1nc2ccccn2c(=O)c1C=C1SC(=S)N(CCC(=O)O)C1=O. The second-order valence-electron chi connectivity index (χ2n) is 7.05. The normalized spacial score (nSPS) is 15.3. The van der Waals surface area contributed by atoms with Crippen LogP contribution in [0.25, 0.3) is 11.7 Å². The zero-order valence-electron chi connectivity index (χ0n) is 17.4. The second-order valence-corrected chi connectivity index (χ2v) is 8.72. The quantitative estimate of drug-likeness (QED) is 0.451. The lowest BCUT2D eigenvalue weighted by atomic mass is 10.2. The largest absolute Gasteiger partial charge is 0.481 e. The Morgan fingerprint density at radius 3 is 2.61 bits per heavy atom. The lowest BCUT2D eigenvalue weighted by molar-refractivity contribution is -0.137. The molecule has 1 amide bonds. The molecular formula is C21H24N4O4S2. The molecule has 164 valence electrons. The van der Waals surface area contributed by atoms with Gasteiger partial charge < -0.3 is 10.0 Å². The van der Waals surface area contributed by atoms with Gasteiger partial charge in [-0.3, -0.25) is 23.7 Å². The molecule has 1 saturated heterocycles. The molecule has 0 unspecified atom stereocenters. The summed E-state index contributed by atoms with van der Waals surface area (Å²) in [4.78, 5) is 45.4. The summed E-state index contributed by atoms with van der Waals surface area (Å²) >= 11 is 6.34. The third-order valence-corrected chi connectivity index (χ3v) is 6.11. The monoisotopic (exact) mass is 460 g/mol. The van der Waals surface area contributed by atoms with Crippen LogP contribution >= 0.6 is 24.0 Å². The second kappa shape index (κ2) is 10.1. The van der Waals surface area contributed by atoms with Crippen molar-refractivity contribution in [3.8, 4) is 0 Å². The maximum Gasteiger partial charge on any atom is 0.305 e. The van der Waals surface area contributed by atoms with Crippen LogP contribution in [0.1, 0.15) is 38.7 Å². The fourth-order valence-corrected chi connectivity index (χ4v) is 4.64. The van der Waals surface area contributed by atoms with Gasteiger partial charge in [0.1, 0.15) is 15.8 Å². The van der Waals surface area contributed by atoms with Crippen molar-refractivity contribution >= 4 is 57.7 Å². The number of rotatable bonds is 9. The zero-order valence-corrected chi connectivity index (χ0v) is 19.0. The summed E-state index contributed by atoms with van der Waals surface area (Å²) in [6, 6.07) is 5.35. The van der Waals surface area contributed by atoms with Crippen LogP contribution in [0.5, 0.6) is 0 Å². The van der Waals surface area contributed by atoms with Gasteiger partial charge in [-0.25, -0.2) is 4.98 Å². The van der Waals surface area contributed by atoms with E-state index in [9.17, 15) is 14.4 Å². The minimum absolute atomic E-state index is 0.00303. The van der Waals surface area contributed by atoms with Gasteiger partial charge in [-0.15, -0.1) is 0 Å². The molecule has 0 saturated carbocycles. The molecule has 0 atom stereocenters. The van der Waals surface area contributed by atoms with E-state index in [1.54, 1.807) is 24.4 Å². The number of hydrogen-bond donors (Lipinski definition) is 1. The fraction of sp³-hybridized carbons (Fsp3) is 0.381. The number of hydrogen-bond acceptors (Lipinski definition) is 7. The number of carboxylic acids is 1. The highest BCUT2D eigenvalue weighted by molar-refractivity contribution is 8.26. The first-order valence-electron chi connectivity index (χ1n) is 10.1. The van der Waals surface area contributed by atoms with Crippen molar-refractivity contribution < 1.29 is 14.7 Å². The van der Waals surface area contributed by atoms with Gasteiger partial charge in [-0.05, 0) is 31.1 Å². The summed E-state index contributed by atoms with van der Waals surface area (Å²) in [5, 5.41) is 8.92. The predicted molar refractivity (Wildman–Crippen MR) is 126 cm³/mol.